The molecule has 4 bridgehead atoms. The number of benzene rings is 2. The molecule has 102 valence electrons. The molecular weight excluding hydrogens is 248 g/mol. The molecule has 2 aromatic carbocycles. The number of carboxylic acids is 1. The Kier molecular flexibility index (Phi) is 3.31. The minimum Gasteiger partial charge on any atom is -0.478 e. The molecular formula is C18H18O2. The third-order valence-corrected chi connectivity index (χ3v) is 4.18. The minimum atomic E-state index is -0.813. The van der Waals surface area contributed by atoms with Crippen molar-refractivity contribution in [2.75, 3.05) is 0 Å². The monoisotopic (exact) mass is 266 g/mol. The Hall–Kier alpha value is -2.09. The summed E-state index contributed by atoms with van der Waals surface area (Å²) < 4.78 is 0. The molecule has 20 heavy (non-hydrogen) atoms. The van der Waals surface area contributed by atoms with Gasteiger partial charge in [-0.1, -0.05) is 30.3 Å². The fraction of sp³-hybridized carbons (Fsp3) is 0.278. The maximum atomic E-state index is 11.5. The molecule has 0 saturated carbocycles. The van der Waals surface area contributed by atoms with Gasteiger partial charge in [0.2, 0.25) is 0 Å². The number of hydrogen-bond donors (Lipinski definition) is 1. The van der Waals surface area contributed by atoms with Gasteiger partial charge in [0.25, 0.3) is 0 Å². The van der Waals surface area contributed by atoms with E-state index in [4.69, 9.17) is 0 Å². The van der Waals surface area contributed by atoms with Gasteiger partial charge < -0.3 is 5.11 Å². The lowest BCUT2D eigenvalue weighted by Crippen LogP contribution is -2.08. The predicted molar refractivity (Wildman–Crippen MR) is 79.4 cm³/mol. The molecule has 2 nitrogen and oxygen atoms in total. The summed E-state index contributed by atoms with van der Waals surface area (Å²) in [4.78, 5) is 11.5. The van der Waals surface area contributed by atoms with Crippen LogP contribution in [-0.4, -0.2) is 11.1 Å². The Morgan fingerprint density at radius 1 is 0.900 bits per heavy atom. The Bertz CT molecular complexity index is 654. The highest BCUT2D eigenvalue weighted by atomic mass is 16.4. The summed E-state index contributed by atoms with van der Waals surface area (Å²) in [5, 5.41) is 9.41. The van der Waals surface area contributed by atoms with Gasteiger partial charge in [0.15, 0.2) is 0 Å². The summed E-state index contributed by atoms with van der Waals surface area (Å²) in [6.45, 7) is 2.08. The van der Waals surface area contributed by atoms with E-state index in [-0.39, 0.29) is 0 Å². The van der Waals surface area contributed by atoms with E-state index in [2.05, 4.69) is 37.3 Å². The largest absolute Gasteiger partial charge is 0.478 e. The van der Waals surface area contributed by atoms with Crippen LogP contribution in [0.3, 0.4) is 0 Å². The van der Waals surface area contributed by atoms with Crippen molar-refractivity contribution in [3.63, 3.8) is 0 Å². The van der Waals surface area contributed by atoms with Crippen molar-refractivity contribution < 1.29 is 9.90 Å². The van der Waals surface area contributed by atoms with E-state index in [1.165, 1.54) is 16.7 Å². The van der Waals surface area contributed by atoms with Gasteiger partial charge in [0, 0.05) is 0 Å². The average molecular weight is 266 g/mol. The van der Waals surface area contributed by atoms with Crippen molar-refractivity contribution in [1.29, 1.82) is 0 Å². The molecule has 0 aliphatic heterocycles. The van der Waals surface area contributed by atoms with Crippen molar-refractivity contribution in [2.24, 2.45) is 0 Å². The fourth-order valence-electron chi connectivity index (χ4n) is 2.92. The van der Waals surface area contributed by atoms with Crippen LogP contribution in [-0.2, 0) is 25.7 Å². The Morgan fingerprint density at radius 3 is 2.00 bits per heavy atom. The Morgan fingerprint density at radius 2 is 1.45 bits per heavy atom. The van der Waals surface area contributed by atoms with Gasteiger partial charge in [-0.15, -0.1) is 0 Å². The molecule has 4 aliphatic carbocycles. The van der Waals surface area contributed by atoms with Crippen LogP contribution in [0, 0.1) is 6.92 Å². The summed E-state index contributed by atoms with van der Waals surface area (Å²) >= 11 is 0. The van der Waals surface area contributed by atoms with E-state index in [9.17, 15) is 9.90 Å². The van der Waals surface area contributed by atoms with Gasteiger partial charge in [-0.3, -0.25) is 0 Å². The number of rotatable bonds is 1. The lowest BCUT2D eigenvalue weighted by atomic mass is 9.90. The molecule has 1 N–H and O–H groups in total. The first-order chi connectivity index (χ1) is 9.63. The lowest BCUT2D eigenvalue weighted by molar-refractivity contribution is 0.0695. The first-order valence-corrected chi connectivity index (χ1v) is 7.07. The van der Waals surface area contributed by atoms with Gasteiger partial charge in [-0.2, -0.15) is 0 Å². The second-order valence-electron chi connectivity index (χ2n) is 5.56. The predicted octanol–water partition coefficient (Wildman–Crippen LogP) is 3.58. The Balaban J connectivity index is 2.09. The summed E-state index contributed by atoms with van der Waals surface area (Å²) in [5.74, 6) is -0.813. The minimum absolute atomic E-state index is 0.473. The highest BCUT2D eigenvalue weighted by molar-refractivity contribution is 5.89. The number of aromatic carboxylic acids is 1. The molecule has 0 heterocycles. The molecule has 0 fully saturated rings. The van der Waals surface area contributed by atoms with E-state index in [1.807, 2.05) is 6.07 Å². The molecule has 0 aromatic heterocycles. The SMILES string of the molecule is Cc1cc2c(C(=O)O)cc1CCc1ccc(cc1)CC2. The van der Waals surface area contributed by atoms with Crippen LogP contribution in [0.2, 0.25) is 0 Å². The molecule has 0 saturated heterocycles. The van der Waals surface area contributed by atoms with E-state index >= 15 is 0 Å². The van der Waals surface area contributed by atoms with E-state index in [1.54, 1.807) is 0 Å². The Labute approximate surface area is 119 Å². The fourth-order valence-corrected chi connectivity index (χ4v) is 2.92. The second-order valence-corrected chi connectivity index (χ2v) is 5.56. The average Bonchev–Trinajstić information content (AvgIpc) is 2.42. The van der Waals surface area contributed by atoms with Crippen LogP contribution < -0.4 is 0 Å². The van der Waals surface area contributed by atoms with Crippen LogP contribution in [0.4, 0.5) is 0 Å². The quantitative estimate of drug-likeness (QED) is 0.856. The van der Waals surface area contributed by atoms with Crippen LogP contribution >= 0.6 is 0 Å². The second kappa shape index (κ2) is 5.12. The zero-order valence-electron chi connectivity index (χ0n) is 11.6. The van der Waals surface area contributed by atoms with Gasteiger partial charge >= 0.3 is 5.97 Å². The summed E-state index contributed by atoms with van der Waals surface area (Å²) in [7, 11) is 0. The summed E-state index contributed by atoms with van der Waals surface area (Å²) in [6, 6.07) is 12.6. The molecule has 4 aliphatic rings. The van der Waals surface area contributed by atoms with Gasteiger partial charge in [-0.25, -0.2) is 4.79 Å². The van der Waals surface area contributed by atoms with Crippen LogP contribution in [0.15, 0.2) is 36.4 Å². The standard InChI is InChI=1S/C18H18O2/c1-12-10-16-9-7-14-4-2-13(3-5-14)6-8-15(12)11-17(16)18(19)20/h2-5,10-11H,6-9H2,1H3,(H,19,20). The maximum absolute atomic E-state index is 11.5. The first kappa shape index (κ1) is 12.9. The van der Waals surface area contributed by atoms with Gasteiger partial charge in [0.05, 0.1) is 5.56 Å². The molecule has 6 rings (SSSR count). The van der Waals surface area contributed by atoms with E-state index in [0.29, 0.717) is 5.56 Å². The zero-order chi connectivity index (χ0) is 14.1. The lowest BCUT2D eigenvalue weighted by Gasteiger charge is -2.14. The van der Waals surface area contributed by atoms with Gasteiger partial charge in [-0.05, 0) is 66.5 Å². The van der Waals surface area contributed by atoms with E-state index in [0.717, 1.165) is 36.8 Å². The molecule has 0 spiro atoms. The summed E-state index contributed by atoms with van der Waals surface area (Å²) in [6.07, 6.45) is 3.52. The van der Waals surface area contributed by atoms with Crippen LogP contribution in [0.5, 0.6) is 0 Å². The first-order valence-electron chi connectivity index (χ1n) is 7.07. The topological polar surface area (TPSA) is 37.3 Å². The van der Waals surface area contributed by atoms with Crippen molar-refractivity contribution in [1.82, 2.24) is 0 Å². The summed E-state index contributed by atoms with van der Waals surface area (Å²) in [5.41, 5.74) is 6.36. The number of carbonyl (C=O) groups is 1. The van der Waals surface area contributed by atoms with Crippen molar-refractivity contribution in [2.45, 2.75) is 32.6 Å². The molecule has 0 atom stereocenters. The molecule has 2 heteroatoms. The normalized spacial score (nSPS) is 13.8. The van der Waals surface area contributed by atoms with Crippen LogP contribution in [0.1, 0.15) is 38.2 Å². The third kappa shape index (κ3) is 2.46. The number of aryl methyl sites for hydroxylation is 5. The zero-order valence-corrected chi connectivity index (χ0v) is 11.6. The number of carboxylic acid groups (broad SMARTS) is 1. The number of hydrogen-bond acceptors (Lipinski definition) is 1. The smallest absolute Gasteiger partial charge is 0.335 e. The molecule has 0 radical (unpaired) electrons. The highest BCUT2D eigenvalue weighted by Crippen LogP contribution is 2.22. The highest BCUT2D eigenvalue weighted by Gasteiger charge is 2.14. The molecule has 0 unspecified atom stereocenters. The third-order valence-electron chi connectivity index (χ3n) is 4.18. The van der Waals surface area contributed by atoms with Crippen molar-refractivity contribution in [3.05, 3.63) is 69.8 Å². The molecule has 2 aromatic rings. The maximum Gasteiger partial charge on any atom is 0.335 e. The van der Waals surface area contributed by atoms with E-state index < -0.39 is 5.97 Å². The van der Waals surface area contributed by atoms with Crippen LogP contribution in [0.25, 0.3) is 0 Å². The van der Waals surface area contributed by atoms with Gasteiger partial charge in [0.1, 0.15) is 0 Å². The van der Waals surface area contributed by atoms with Crippen molar-refractivity contribution >= 4 is 5.97 Å². The molecule has 0 amide bonds. The van der Waals surface area contributed by atoms with Crippen molar-refractivity contribution in [3.8, 4) is 0 Å².